The van der Waals surface area contributed by atoms with Crippen molar-refractivity contribution < 1.29 is 19.4 Å². The van der Waals surface area contributed by atoms with Gasteiger partial charge in [-0.25, -0.2) is 0 Å². The molecular weight excluding hydrogens is 306 g/mol. The quantitative estimate of drug-likeness (QED) is 0.727. The molecule has 0 radical (unpaired) electrons. The van der Waals surface area contributed by atoms with E-state index in [4.69, 9.17) is 9.84 Å². The summed E-state index contributed by atoms with van der Waals surface area (Å²) in [5.74, 6) is -0.0688. The first kappa shape index (κ1) is 18.3. The number of carbonyl (C=O) groups excluding carboxylic acids is 1. The third-order valence-electron chi connectivity index (χ3n) is 4.49. The summed E-state index contributed by atoms with van der Waals surface area (Å²) in [6.45, 7) is 2.77. The molecule has 0 spiro atoms. The number of hydrogen-bond donors (Lipinski definition) is 2. The molecule has 1 amide bonds. The van der Waals surface area contributed by atoms with Crippen molar-refractivity contribution in [3.05, 3.63) is 29.8 Å². The average Bonchev–Trinajstić information content (AvgIpc) is 2.99. The molecule has 0 aliphatic heterocycles. The molecule has 5 nitrogen and oxygen atoms in total. The van der Waals surface area contributed by atoms with Gasteiger partial charge in [0, 0.05) is 6.42 Å². The van der Waals surface area contributed by atoms with E-state index < -0.39 is 11.5 Å². The van der Waals surface area contributed by atoms with Crippen LogP contribution in [0.1, 0.15) is 57.4 Å². The zero-order valence-corrected chi connectivity index (χ0v) is 14.3. The largest absolute Gasteiger partial charge is 0.494 e. The number of rotatable bonds is 9. The molecule has 1 aromatic rings. The summed E-state index contributed by atoms with van der Waals surface area (Å²) in [5.41, 5.74) is 0.536. The van der Waals surface area contributed by atoms with Gasteiger partial charge < -0.3 is 15.2 Å². The maximum atomic E-state index is 12.2. The Morgan fingerprint density at radius 1 is 1.21 bits per heavy atom. The van der Waals surface area contributed by atoms with Gasteiger partial charge in [0.25, 0.3) is 0 Å². The van der Waals surface area contributed by atoms with Gasteiger partial charge in [0.2, 0.25) is 5.91 Å². The van der Waals surface area contributed by atoms with Gasteiger partial charge in [0.1, 0.15) is 5.75 Å². The van der Waals surface area contributed by atoms with Gasteiger partial charge in [0.05, 0.1) is 18.6 Å². The molecule has 0 unspecified atom stereocenters. The van der Waals surface area contributed by atoms with Gasteiger partial charge in [-0.2, -0.15) is 0 Å². The average molecular weight is 333 g/mol. The molecule has 1 aliphatic rings. The van der Waals surface area contributed by atoms with Crippen LogP contribution in [0, 0.1) is 0 Å². The van der Waals surface area contributed by atoms with Crippen LogP contribution in [-0.4, -0.2) is 29.1 Å². The predicted octanol–water partition coefficient (Wildman–Crippen LogP) is 3.31. The summed E-state index contributed by atoms with van der Waals surface area (Å²) in [7, 11) is 0. The van der Waals surface area contributed by atoms with Crippen LogP contribution < -0.4 is 10.1 Å². The molecule has 1 aliphatic carbocycles. The molecule has 1 saturated carbocycles. The summed E-state index contributed by atoms with van der Waals surface area (Å²) >= 11 is 0. The Balaban J connectivity index is 1.82. The van der Waals surface area contributed by atoms with Crippen LogP contribution >= 0.6 is 0 Å². The summed E-state index contributed by atoms with van der Waals surface area (Å²) in [6, 6.07) is 7.79. The fourth-order valence-electron chi connectivity index (χ4n) is 3.28. The van der Waals surface area contributed by atoms with E-state index in [-0.39, 0.29) is 12.3 Å². The van der Waals surface area contributed by atoms with Crippen LogP contribution in [0.5, 0.6) is 5.75 Å². The molecule has 2 N–H and O–H groups in total. The lowest BCUT2D eigenvalue weighted by Crippen LogP contribution is -2.47. The lowest BCUT2D eigenvalue weighted by atomic mass is 9.93. The van der Waals surface area contributed by atoms with Crippen molar-refractivity contribution in [3.63, 3.8) is 0 Å². The van der Waals surface area contributed by atoms with Crippen molar-refractivity contribution in [1.82, 2.24) is 5.32 Å². The highest BCUT2D eigenvalue weighted by Crippen LogP contribution is 2.32. The van der Waals surface area contributed by atoms with E-state index in [1.807, 2.05) is 24.3 Å². The maximum Gasteiger partial charge on any atom is 0.305 e. The Kier molecular flexibility index (Phi) is 6.64. The number of benzene rings is 1. The normalized spacial score (nSPS) is 15.9. The highest BCUT2D eigenvalue weighted by atomic mass is 16.5. The molecule has 5 heteroatoms. The van der Waals surface area contributed by atoms with Crippen molar-refractivity contribution in [3.8, 4) is 5.75 Å². The number of carboxylic acid groups (broad SMARTS) is 1. The Bertz CT molecular complexity index is 547. The highest BCUT2D eigenvalue weighted by molar-refractivity contribution is 5.78. The summed E-state index contributed by atoms with van der Waals surface area (Å²) in [6.07, 6.45) is 5.48. The van der Waals surface area contributed by atoms with Crippen molar-refractivity contribution in [1.29, 1.82) is 0 Å². The monoisotopic (exact) mass is 333 g/mol. The summed E-state index contributed by atoms with van der Waals surface area (Å²) < 4.78 is 5.54. The molecular formula is C19H27NO4. The van der Waals surface area contributed by atoms with E-state index in [0.29, 0.717) is 19.4 Å². The molecule has 132 valence electrons. The van der Waals surface area contributed by atoms with E-state index in [9.17, 15) is 9.59 Å². The van der Waals surface area contributed by atoms with Crippen molar-refractivity contribution in [2.45, 2.75) is 63.8 Å². The first-order valence-corrected chi connectivity index (χ1v) is 8.77. The van der Waals surface area contributed by atoms with E-state index in [1.54, 1.807) is 0 Å². The van der Waals surface area contributed by atoms with E-state index >= 15 is 0 Å². The van der Waals surface area contributed by atoms with Gasteiger partial charge in [0.15, 0.2) is 0 Å². The molecule has 0 atom stereocenters. The fourth-order valence-corrected chi connectivity index (χ4v) is 3.28. The van der Waals surface area contributed by atoms with Crippen molar-refractivity contribution >= 4 is 11.9 Å². The SMILES string of the molecule is CCCOc1ccc(CCC(=O)NC2(CC(=O)O)CCCC2)cc1. The number of aliphatic carboxylic acids is 1. The van der Waals surface area contributed by atoms with Crippen LogP contribution in [-0.2, 0) is 16.0 Å². The number of nitrogens with one attached hydrogen (secondary N) is 1. The Morgan fingerprint density at radius 3 is 2.46 bits per heavy atom. The van der Waals surface area contributed by atoms with E-state index in [2.05, 4.69) is 12.2 Å². The second kappa shape index (κ2) is 8.71. The van der Waals surface area contributed by atoms with Crippen LogP contribution in [0.2, 0.25) is 0 Å². The van der Waals surface area contributed by atoms with E-state index in [1.165, 1.54) is 0 Å². The van der Waals surface area contributed by atoms with Crippen LogP contribution in [0.4, 0.5) is 0 Å². The minimum atomic E-state index is -0.847. The predicted molar refractivity (Wildman–Crippen MR) is 92.1 cm³/mol. The molecule has 0 aromatic heterocycles. The third kappa shape index (κ3) is 5.55. The summed E-state index contributed by atoms with van der Waals surface area (Å²) in [5, 5.41) is 12.1. The first-order chi connectivity index (χ1) is 11.5. The van der Waals surface area contributed by atoms with Crippen LogP contribution in [0.25, 0.3) is 0 Å². The molecule has 0 heterocycles. The topological polar surface area (TPSA) is 75.6 Å². The van der Waals surface area contributed by atoms with Gasteiger partial charge in [-0.3, -0.25) is 9.59 Å². The first-order valence-electron chi connectivity index (χ1n) is 8.77. The standard InChI is InChI=1S/C19H27NO4/c1-2-13-24-16-8-5-15(6-9-16)7-10-17(21)20-19(14-18(22)23)11-3-4-12-19/h5-6,8-9H,2-4,7,10-14H2,1H3,(H,20,21)(H,22,23). The Labute approximate surface area is 143 Å². The smallest absolute Gasteiger partial charge is 0.305 e. The van der Waals surface area contributed by atoms with Gasteiger partial charge >= 0.3 is 5.97 Å². The van der Waals surface area contributed by atoms with Crippen molar-refractivity contribution in [2.75, 3.05) is 6.61 Å². The number of amides is 1. The van der Waals surface area contributed by atoms with E-state index in [0.717, 1.165) is 43.4 Å². The van der Waals surface area contributed by atoms with Gasteiger partial charge in [-0.05, 0) is 43.4 Å². The fraction of sp³-hybridized carbons (Fsp3) is 0.579. The lowest BCUT2D eigenvalue weighted by Gasteiger charge is -2.28. The molecule has 2 rings (SSSR count). The Hall–Kier alpha value is -2.04. The highest BCUT2D eigenvalue weighted by Gasteiger charge is 2.37. The maximum absolute atomic E-state index is 12.2. The van der Waals surface area contributed by atoms with Crippen LogP contribution in [0.15, 0.2) is 24.3 Å². The summed E-state index contributed by atoms with van der Waals surface area (Å²) in [4.78, 5) is 23.3. The van der Waals surface area contributed by atoms with Gasteiger partial charge in [-0.1, -0.05) is 31.9 Å². The minimum Gasteiger partial charge on any atom is -0.494 e. The molecule has 1 fully saturated rings. The zero-order valence-electron chi connectivity index (χ0n) is 14.3. The number of ether oxygens (including phenoxy) is 1. The van der Waals surface area contributed by atoms with Gasteiger partial charge in [-0.15, -0.1) is 0 Å². The second-order valence-corrected chi connectivity index (χ2v) is 6.60. The van der Waals surface area contributed by atoms with Crippen molar-refractivity contribution in [2.24, 2.45) is 0 Å². The lowest BCUT2D eigenvalue weighted by molar-refractivity contribution is -0.139. The minimum absolute atomic E-state index is 0.0161. The number of aryl methyl sites for hydroxylation is 1. The van der Waals surface area contributed by atoms with Crippen LogP contribution in [0.3, 0.4) is 0 Å². The molecule has 0 saturated heterocycles. The zero-order chi connectivity index (χ0) is 17.4. The Morgan fingerprint density at radius 2 is 1.88 bits per heavy atom. The molecule has 24 heavy (non-hydrogen) atoms. The third-order valence-corrected chi connectivity index (χ3v) is 4.49. The second-order valence-electron chi connectivity index (χ2n) is 6.60. The number of hydrogen-bond acceptors (Lipinski definition) is 3. The molecule has 0 bridgehead atoms. The number of carboxylic acids is 1. The molecule has 1 aromatic carbocycles. The number of carbonyl (C=O) groups is 2.